The molecule has 1 rings (SSSR count). The summed E-state index contributed by atoms with van der Waals surface area (Å²) in [6, 6.07) is 0. The minimum absolute atomic E-state index is 0. The van der Waals surface area contributed by atoms with Crippen molar-refractivity contribution in [3.63, 3.8) is 0 Å². The monoisotopic (exact) mass is 371 g/mol. The van der Waals surface area contributed by atoms with Gasteiger partial charge in [-0.1, -0.05) is 13.8 Å². The Hall–Kier alpha value is 0.991. The molecule has 0 aromatic heterocycles. The molecule has 1 fully saturated rings. The van der Waals surface area contributed by atoms with Crippen LogP contribution in [0.4, 0.5) is 51.8 Å². The predicted molar refractivity (Wildman–Crippen MR) is 54.7 cm³/mol. The number of hydrogen-bond acceptors (Lipinski definition) is 0. The van der Waals surface area contributed by atoms with Crippen molar-refractivity contribution in [2.45, 2.75) is 26.7 Å². The second kappa shape index (κ2) is 11.5. The topological polar surface area (TPSA) is 0 Å². The quantitative estimate of drug-likeness (QED) is 0.454. The summed E-state index contributed by atoms with van der Waals surface area (Å²) in [5.41, 5.74) is 0.750. The van der Waals surface area contributed by atoms with Gasteiger partial charge in [0.2, 0.25) is 0 Å². The maximum absolute atomic E-state index is 9.75. The molecule has 1 saturated carbocycles. The minimum Gasteiger partial charge on any atom is -1.00 e. The molecule has 0 aromatic carbocycles. The van der Waals surface area contributed by atoms with Gasteiger partial charge < -0.3 is 53.2 Å². The van der Waals surface area contributed by atoms with Crippen LogP contribution in [0.2, 0.25) is 0 Å². The Morgan fingerprint density at radius 3 is 0.619 bits per heavy atom. The van der Waals surface area contributed by atoms with E-state index in [1.807, 2.05) is 0 Å². The predicted octanol–water partition coefficient (Wildman–Crippen LogP) is 2.82. The summed E-state index contributed by atoms with van der Waals surface area (Å²) in [5, 5.41) is 0. The summed E-state index contributed by atoms with van der Waals surface area (Å²) in [6.07, 6.45) is 2.90. The average Bonchev–Trinajstić information content (AvgIpc) is 2.52. The zero-order valence-corrected chi connectivity index (χ0v) is 14.3. The normalized spacial score (nSPS) is 15.7. The molecule has 128 valence electrons. The van der Waals surface area contributed by atoms with E-state index in [2.05, 4.69) is 13.8 Å². The standard InChI is InChI=1S/C5H10.3BF4.K.H/c1-5(2)3-4-5;3*2-1(3,4)5;;/h3-4H2,1-2H3;;;;;/q;3*-1;+1;-1. The summed E-state index contributed by atoms with van der Waals surface area (Å²) >= 11 is 0. The van der Waals surface area contributed by atoms with E-state index in [-0.39, 0.29) is 52.8 Å². The van der Waals surface area contributed by atoms with Crippen LogP contribution in [0.3, 0.4) is 0 Å². The van der Waals surface area contributed by atoms with Gasteiger partial charge in [0.25, 0.3) is 0 Å². The third-order valence-corrected chi connectivity index (χ3v) is 1.25. The first-order chi connectivity index (χ1) is 8.21. The summed E-state index contributed by atoms with van der Waals surface area (Å²) in [6.45, 7) is 4.60. The molecule has 0 unspecified atom stereocenters. The molecule has 0 nitrogen and oxygen atoms in total. The zero-order chi connectivity index (χ0) is 17.4. The van der Waals surface area contributed by atoms with Crippen LogP contribution in [0.15, 0.2) is 0 Å². The van der Waals surface area contributed by atoms with E-state index >= 15 is 0 Å². The van der Waals surface area contributed by atoms with Gasteiger partial charge in [-0.3, -0.25) is 0 Å². The van der Waals surface area contributed by atoms with Gasteiger partial charge in [0.15, 0.2) is 0 Å². The molecule has 16 heteroatoms. The van der Waals surface area contributed by atoms with Crippen LogP contribution in [-0.4, -0.2) is 21.8 Å². The molecule has 0 atom stereocenters. The van der Waals surface area contributed by atoms with Gasteiger partial charge >= 0.3 is 73.1 Å². The third-order valence-electron chi connectivity index (χ3n) is 1.25. The molecule has 0 amide bonds. The van der Waals surface area contributed by atoms with Crippen LogP contribution < -0.4 is 51.4 Å². The maximum atomic E-state index is 9.75. The molecule has 21 heavy (non-hydrogen) atoms. The fourth-order valence-electron chi connectivity index (χ4n) is 0.250. The van der Waals surface area contributed by atoms with Gasteiger partial charge in [-0.25, -0.2) is 0 Å². The van der Waals surface area contributed by atoms with Crippen molar-refractivity contribution in [1.29, 1.82) is 0 Å². The summed E-state index contributed by atoms with van der Waals surface area (Å²) in [4.78, 5) is 0. The summed E-state index contributed by atoms with van der Waals surface area (Å²) in [7, 11) is -18.0. The number of halogens is 12. The van der Waals surface area contributed by atoms with E-state index in [1.165, 1.54) is 12.8 Å². The van der Waals surface area contributed by atoms with Crippen LogP contribution in [0.5, 0.6) is 0 Å². The van der Waals surface area contributed by atoms with E-state index in [4.69, 9.17) is 0 Å². The van der Waals surface area contributed by atoms with Crippen LogP contribution >= 0.6 is 0 Å². The maximum Gasteiger partial charge on any atom is 1.00 e. The van der Waals surface area contributed by atoms with Crippen LogP contribution in [0.25, 0.3) is 0 Å². The molecule has 0 bridgehead atoms. The Morgan fingerprint density at radius 2 is 0.619 bits per heavy atom. The van der Waals surface area contributed by atoms with Gasteiger partial charge in [-0.2, -0.15) is 0 Å². The van der Waals surface area contributed by atoms with Crippen molar-refractivity contribution >= 4 is 21.8 Å². The molecule has 1 aliphatic rings. The molecule has 0 spiro atoms. The molecule has 0 radical (unpaired) electrons. The van der Waals surface area contributed by atoms with Crippen molar-refractivity contribution in [3.8, 4) is 0 Å². The van der Waals surface area contributed by atoms with E-state index in [9.17, 15) is 51.8 Å². The first-order valence-electron chi connectivity index (χ1n) is 4.83. The van der Waals surface area contributed by atoms with Gasteiger partial charge in [-0.05, 0) is 18.3 Å². The van der Waals surface area contributed by atoms with Crippen molar-refractivity contribution in [2.24, 2.45) is 5.41 Å². The van der Waals surface area contributed by atoms with E-state index in [0.717, 1.165) is 5.41 Å². The molecule has 0 aliphatic heterocycles. The molecular formula is C5H11B3F12K-3. The zero-order valence-electron chi connectivity index (χ0n) is 12.2. The largest absolute Gasteiger partial charge is 1.00 e. The molecule has 1 aliphatic carbocycles. The fraction of sp³-hybridized carbons (Fsp3) is 1.00. The summed E-state index contributed by atoms with van der Waals surface area (Å²) in [5.74, 6) is 0. The van der Waals surface area contributed by atoms with Crippen LogP contribution in [-0.2, 0) is 0 Å². The van der Waals surface area contributed by atoms with Crippen molar-refractivity contribution in [3.05, 3.63) is 0 Å². The smallest absolute Gasteiger partial charge is 1.00 e. The number of hydrogen-bond donors (Lipinski definition) is 0. The molecule has 0 aromatic rings. The molecule has 0 heterocycles. The van der Waals surface area contributed by atoms with E-state index in [0.29, 0.717) is 0 Å². The Bertz CT molecular complexity index is 192. The SMILES string of the molecule is CC1(C)CC1.F[B-](F)(F)F.F[B-](F)(F)F.F[B-](F)(F)F.[H-].[K+]. The Labute approximate surface area is 157 Å². The van der Waals surface area contributed by atoms with Gasteiger partial charge in [0.05, 0.1) is 0 Å². The molecule has 0 saturated heterocycles. The summed E-state index contributed by atoms with van der Waals surface area (Å²) < 4.78 is 117. The third kappa shape index (κ3) is 211. The molecular weight excluding hydrogens is 360 g/mol. The van der Waals surface area contributed by atoms with Gasteiger partial charge in [0.1, 0.15) is 0 Å². The Morgan fingerprint density at radius 1 is 0.571 bits per heavy atom. The fourth-order valence-corrected chi connectivity index (χ4v) is 0.250. The Balaban J connectivity index is -0.0000000567. The second-order valence-electron chi connectivity index (χ2n) is 4.15. The van der Waals surface area contributed by atoms with Gasteiger partial charge in [0, 0.05) is 0 Å². The van der Waals surface area contributed by atoms with Gasteiger partial charge in [-0.15, -0.1) is 0 Å². The molecule has 0 N–H and O–H groups in total. The first-order valence-corrected chi connectivity index (χ1v) is 4.83. The number of rotatable bonds is 0. The average molecular weight is 371 g/mol. The first kappa shape index (κ1) is 29.9. The van der Waals surface area contributed by atoms with Crippen molar-refractivity contribution < 1.29 is 105 Å². The Kier molecular flexibility index (Phi) is 16.4. The van der Waals surface area contributed by atoms with Crippen molar-refractivity contribution in [2.75, 3.05) is 0 Å². The minimum atomic E-state index is -6.00. The van der Waals surface area contributed by atoms with E-state index < -0.39 is 21.8 Å². The van der Waals surface area contributed by atoms with Crippen molar-refractivity contribution in [1.82, 2.24) is 0 Å². The second-order valence-corrected chi connectivity index (χ2v) is 4.15. The van der Waals surface area contributed by atoms with Crippen LogP contribution in [0.1, 0.15) is 28.1 Å². The van der Waals surface area contributed by atoms with E-state index in [1.54, 1.807) is 0 Å². The van der Waals surface area contributed by atoms with Crippen LogP contribution in [0, 0.1) is 5.41 Å².